The Kier molecular flexibility index (Phi) is 6.74. The number of nitrogens with zero attached hydrogens (tertiary/aromatic N) is 2. The molecule has 8 nitrogen and oxygen atoms in total. The van der Waals surface area contributed by atoms with E-state index in [0.29, 0.717) is 5.92 Å². The maximum absolute atomic E-state index is 12.9. The van der Waals surface area contributed by atoms with E-state index in [-0.39, 0.29) is 47.6 Å². The second kappa shape index (κ2) is 9.36. The Morgan fingerprint density at radius 2 is 2.00 bits per heavy atom. The van der Waals surface area contributed by atoms with E-state index in [1.807, 2.05) is 4.90 Å². The van der Waals surface area contributed by atoms with Crippen LogP contribution in [0.1, 0.15) is 52.9 Å². The Morgan fingerprint density at radius 3 is 2.62 bits per heavy atom. The van der Waals surface area contributed by atoms with Gasteiger partial charge in [0.05, 0.1) is 24.7 Å². The Labute approximate surface area is 203 Å². The fourth-order valence-electron chi connectivity index (χ4n) is 6.56. The molecule has 192 valence electrons. The van der Waals surface area contributed by atoms with Crippen LogP contribution in [0.25, 0.3) is 0 Å². The maximum atomic E-state index is 12.9. The van der Waals surface area contributed by atoms with Crippen molar-refractivity contribution in [1.82, 2.24) is 9.80 Å². The smallest absolute Gasteiger partial charge is 0.410 e. The van der Waals surface area contributed by atoms with Crippen LogP contribution in [0.2, 0.25) is 0 Å². The molecule has 1 spiro atoms. The van der Waals surface area contributed by atoms with Crippen LogP contribution in [-0.4, -0.2) is 103 Å². The molecule has 0 radical (unpaired) electrons. The van der Waals surface area contributed by atoms with Crippen molar-refractivity contribution < 1.29 is 28.8 Å². The van der Waals surface area contributed by atoms with Crippen LogP contribution < -0.4 is 0 Å². The number of hydrogen-bond donors (Lipinski definition) is 1. The normalized spacial score (nSPS) is 41.9. The summed E-state index contributed by atoms with van der Waals surface area (Å²) in [7, 11) is 1.71. The summed E-state index contributed by atoms with van der Waals surface area (Å²) < 4.78 is 24.3. The Balaban J connectivity index is 1.14. The number of allylic oxidation sites excluding steroid dienone is 1. The highest BCUT2D eigenvalue weighted by Crippen LogP contribution is 2.59. The van der Waals surface area contributed by atoms with Gasteiger partial charge in [-0.05, 0) is 65.3 Å². The quantitative estimate of drug-likeness (QED) is 0.424. The van der Waals surface area contributed by atoms with Gasteiger partial charge in [-0.2, -0.15) is 0 Å². The molecule has 1 aliphatic carbocycles. The summed E-state index contributed by atoms with van der Waals surface area (Å²) in [5.41, 5.74) is 0.766. The lowest BCUT2D eigenvalue weighted by Crippen LogP contribution is -2.57. The van der Waals surface area contributed by atoms with Crippen LogP contribution in [0, 0.1) is 11.8 Å². The zero-order valence-corrected chi connectivity index (χ0v) is 21.2. The predicted molar refractivity (Wildman–Crippen MR) is 127 cm³/mol. The first-order valence-corrected chi connectivity index (χ1v) is 13.1. The molecule has 0 unspecified atom stereocenters. The number of rotatable bonds is 8. The van der Waals surface area contributed by atoms with Crippen molar-refractivity contribution in [3.05, 3.63) is 11.6 Å². The van der Waals surface area contributed by atoms with Gasteiger partial charge in [0.25, 0.3) is 0 Å². The number of likely N-dealkylation sites (tertiary alicyclic amines) is 2. The predicted octanol–water partition coefficient (Wildman–Crippen LogP) is 2.59. The van der Waals surface area contributed by atoms with Crippen molar-refractivity contribution in [3.8, 4) is 0 Å². The third kappa shape index (κ3) is 4.76. The third-order valence-electron chi connectivity index (χ3n) is 8.81. The second-order valence-electron chi connectivity index (χ2n) is 11.6. The van der Waals surface area contributed by atoms with Gasteiger partial charge in [0.15, 0.2) is 0 Å². The minimum absolute atomic E-state index is 0.0482. The molecule has 5 aliphatic rings. The zero-order valence-electron chi connectivity index (χ0n) is 21.2. The van der Waals surface area contributed by atoms with Gasteiger partial charge in [0.2, 0.25) is 0 Å². The molecule has 5 rings (SSSR count). The van der Waals surface area contributed by atoms with Gasteiger partial charge in [-0.15, -0.1) is 0 Å². The molecule has 1 saturated carbocycles. The minimum Gasteiger partial charge on any atom is -0.443 e. The molecular formula is C26H42N2O6. The van der Waals surface area contributed by atoms with E-state index in [4.69, 9.17) is 18.9 Å². The lowest BCUT2D eigenvalue weighted by atomic mass is 9.68. The van der Waals surface area contributed by atoms with Crippen molar-refractivity contribution in [2.75, 3.05) is 46.4 Å². The molecule has 0 aromatic heterocycles. The van der Waals surface area contributed by atoms with Crippen molar-refractivity contribution in [3.63, 3.8) is 0 Å². The average Bonchev–Trinajstić information content (AvgIpc) is 3.63. The topological polar surface area (TPSA) is 87.3 Å². The maximum Gasteiger partial charge on any atom is 0.410 e. The molecular weight excluding hydrogens is 436 g/mol. The Bertz CT molecular complexity index is 790. The van der Waals surface area contributed by atoms with Crippen LogP contribution in [0.3, 0.4) is 0 Å². The zero-order chi connectivity index (χ0) is 24.1. The van der Waals surface area contributed by atoms with Crippen molar-refractivity contribution in [2.24, 2.45) is 11.8 Å². The molecule has 0 bridgehead atoms. The third-order valence-corrected chi connectivity index (χ3v) is 8.81. The van der Waals surface area contributed by atoms with E-state index in [0.717, 1.165) is 71.4 Å². The lowest BCUT2D eigenvalue weighted by Gasteiger charge is -2.44. The Hall–Kier alpha value is -1.19. The number of carbonyl (C=O) groups excluding carboxylic acids is 1. The molecule has 0 aromatic carbocycles. The Morgan fingerprint density at radius 1 is 1.24 bits per heavy atom. The highest BCUT2D eigenvalue weighted by atomic mass is 16.6. The van der Waals surface area contributed by atoms with Crippen LogP contribution in [0.4, 0.5) is 4.79 Å². The van der Waals surface area contributed by atoms with E-state index < -0.39 is 0 Å². The highest BCUT2D eigenvalue weighted by molar-refractivity contribution is 5.69. The molecule has 0 aromatic rings. The number of epoxide rings is 2. The molecule has 4 aliphatic heterocycles. The second-order valence-corrected chi connectivity index (χ2v) is 11.6. The molecule has 4 saturated heterocycles. The SMILES string of the molecule is CO[C@@H]1[C@H](OC(=O)N2CC(CCN3CC[C@H](O)C3)C2)CC[C@]2(CO2)[C@H]1[C@@]1(C)O[C@@H]1CC=C(C)C. The first-order chi connectivity index (χ1) is 16.2. The van der Waals surface area contributed by atoms with Gasteiger partial charge in [-0.3, -0.25) is 0 Å². The standard InChI is InChI=1S/C26H42N2O6/c1-17(2)5-6-21-25(3,34-21)23-22(31-4)20(7-10-26(23)16-32-26)33-24(30)28-13-18(14-28)8-11-27-12-9-19(29)15-27/h5,18-23,29H,6-16H2,1-4H3/t19-,20+,21+,22+,23+,25-,26-/m0/s1. The largest absolute Gasteiger partial charge is 0.443 e. The number of β-amino-alcohol motifs (C(OH)–C–C–N with tert-alkyl or cyclic N) is 1. The van der Waals surface area contributed by atoms with Gasteiger partial charge in [0, 0.05) is 33.3 Å². The van der Waals surface area contributed by atoms with Gasteiger partial charge >= 0.3 is 6.09 Å². The van der Waals surface area contributed by atoms with Gasteiger partial charge in [-0.1, -0.05) is 11.6 Å². The number of amides is 1. The first kappa shape index (κ1) is 24.5. The molecule has 1 amide bonds. The summed E-state index contributed by atoms with van der Waals surface area (Å²) in [5, 5.41) is 9.68. The summed E-state index contributed by atoms with van der Waals surface area (Å²) in [5.74, 6) is 0.562. The minimum atomic E-state index is -0.320. The van der Waals surface area contributed by atoms with E-state index >= 15 is 0 Å². The molecule has 4 heterocycles. The van der Waals surface area contributed by atoms with Gasteiger partial charge in [-0.25, -0.2) is 4.79 Å². The van der Waals surface area contributed by atoms with E-state index in [1.165, 1.54) is 5.57 Å². The van der Waals surface area contributed by atoms with Gasteiger partial charge in [0.1, 0.15) is 23.4 Å². The summed E-state index contributed by atoms with van der Waals surface area (Å²) >= 11 is 0. The van der Waals surface area contributed by atoms with Crippen molar-refractivity contribution in [2.45, 2.75) is 88.5 Å². The van der Waals surface area contributed by atoms with E-state index in [2.05, 4.69) is 31.7 Å². The van der Waals surface area contributed by atoms with E-state index in [9.17, 15) is 9.90 Å². The van der Waals surface area contributed by atoms with Crippen LogP contribution in [-0.2, 0) is 18.9 Å². The van der Waals surface area contributed by atoms with E-state index in [1.54, 1.807) is 7.11 Å². The van der Waals surface area contributed by atoms with Crippen molar-refractivity contribution in [1.29, 1.82) is 0 Å². The van der Waals surface area contributed by atoms with Crippen LogP contribution in [0.15, 0.2) is 11.6 Å². The molecule has 7 atom stereocenters. The monoisotopic (exact) mass is 478 g/mol. The molecule has 1 N–H and O–H groups in total. The molecule has 34 heavy (non-hydrogen) atoms. The number of hydrogen-bond acceptors (Lipinski definition) is 7. The van der Waals surface area contributed by atoms with Crippen molar-refractivity contribution >= 4 is 6.09 Å². The lowest BCUT2D eigenvalue weighted by molar-refractivity contribution is -0.124. The summed E-state index contributed by atoms with van der Waals surface area (Å²) in [6.45, 7) is 11.4. The number of aliphatic hydroxyl groups is 1. The number of aliphatic hydroxyl groups excluding tert-OH is 1. The average molecular weight is 479 g/mol. The summed E-state index contributed by atoms with van der Waals surface area (Å²) in [4.78, 5) is 17.1. The molecule has 8 heteroatoms. The number of ether oxygens (including phenoxy) is 4. The number of methoxy groups -OCH3 is 1. The van der Waals surface area contributed by atoms with Crippen LogP contribution >= 0.6 is 0 Å². The van der Waals surface area contributed by atoms with Gasteiger partial charge < -0.3 is 33.9 Å². The summed E-state index contributed by atoms with van der Waals surface area (Å²) in [6.07, 6.45) is 5.90. The van der Waals surface area contributed by atoms with Crippen LogP contribution in [0.5, 0.6) is 0 Å². The highest BCUT2D eigenvalue weighted by Gasteiger charge is 2.72. The molecule has 5 fully saturated rings. The fourth-order valence-corrected chi connectivity index (χ4v) is 6.56. The summed E-state index contributed by atoms with van der Waals surface area (Å²) in [6, 6.07) is 0. The first-order valence-electron chi connectivity index (χ1n) is 13.1. The fraction of sp³-hybridized carbons (Fsp3) is 0.885. The number of carbonyl (C=O) groups is 1.